The van der Waals surface area contributed by atoms with Crippen LogP contribution in [0.4, 0.5) is 0 Å². The van der Waals surface area contributed by atoms with Crippen LogP contribution in [0.25, 0.3) is 0 Å². The van der Waals surface area contributed by atoms with Gasteiger partial charge < -0.3 is 15.5 Å². The molecule has 100 valence electrons. The first-order valence-corrected chi connectivity index (χ1v) is 6.66. The molecule has 1 aliphatic carbocycles. The summed E-state index contributed by atoms with van der Waals surface area (Å²) in [5.74, 6) is 1.38. The number of aryl methyl sites for hydroxylation is 2. The van der Waals surface area contributed by atoms with E-state index in [9.17, 15) is 4.79 Å². The van der Waals surface area contributed by atoms with Crippen molar-refractivity contribution in [3.8, 4) is 0 Å². The second-order valence-electron chi connectivity index (χ2n) is 5.33. The first-order chi connectivity index (χ1) is 8.56. The van der Waals surface area contributed by atoms with E-state index < -0.39 is 0 Å². The number of furan rings is 1. The lowest BCUT2D eigenvalue weighted by Crippen LogP contribution is -2.54. The molecule has 1 fully saturated rings. The molecular formula is C14H22N2O2. The predicted octanol–water partition coefficient (Wildman–Crippen LogP) is 2.29. The molecule has 4 nitrogen and oxygen atoms in total. The molecule has 0 bridgehead atoms. The van der Waals surface area contributed by atoms with Crippen LogP contribution in [0.3, 0.4) is 0 Å². The van der Waals surface area contributed by atoms with E-state index in [0.717, 1.165) is 31.4 Å². The molecule has 0 aromatic carbocycles. The fraction of sp³-hybridized carbons (Fsp3) is 0.643. The van der Waals surface area contributed by atoms with Gasteiger partial charge in [-0.1, -0.05) is 19.3 Å². The van der Waals surface area contributed by atoms with Gasteiger partial charge >= 0.3 is 0 Å². The molecule has 1 aromatic rings. The zero-order valence-electron chi connectivity index (χ0n) is 11.2. The molecule has 18 heavy (non-hydrogen) atoms. The topological polar surface area (TPSA) is 68.3 Å². The lowest BCUT2D eigenvalue weighted by Gasteiger charge is -2.37. The Kier molecular flexibility index (Phi) is 3.76. The lowest BCUT2D eigenvalue weighted by atomic mass is 9.81. The van der Waals surface area contributed by atoms with Gasteiger partial charge in [-0.3, -0.25) is 4.79 Å². The van der Waals surface area contributed by atoms with E-state index in [4.69, 9.17) is 10.2 Å². The van der Waals surface area contributed by atoms with E-state index in [1.807, 2.05) is 13.8 Å². The molecule has 0 unspecified atom stereocenters. The van der Waals surface area contributed by atoms with Crippen molar-refractivity contribution in [3.05, 3.63) is 23.2 Å². The highest BCUT2D eigenvalue weighted by molar-refractivity contribution is 5.95. The number of rotatable bonds is 3. The minimum absolute atomic E-state index is 0.0586. The molecule has 0 atom stereocenters. The number of nitrogens with one attached hydrogen (secondary N) is 1. The molecule has 1 heterocycles. The maximum atomic E-state index is 12.3. The Hall–Kier alpha value is -1.29. The monoisotopic (exact) mass is 250 g/mol. The van der Waals surface area contributed by atoms with Crippen LogP contribution < -0.4 is 11.1 Å². The molecule has 0 saturated heterocycles. The van der Waals surface area contributed by atoms with E-state index >= 15 is 0 Å². The first-order valence-electron chi connectivity index (χ1n) is 6.66. The van der Waals surface area contributed by atoms with Crippen LogP contribution in [0.1, 0.15) is 54.0 Å². The second-order valence-corrected chi connectivity index (χ2v) is 5.33. The Balaban J connectivity index is 2.12. The van der Waals surface area contributed by atoms with Gasteiger partial charge in [-0.05, 0) is 32.8 Å². The average Bonchev–Trinajstić information content (AvgIpc) is 2.70. The quantitative estimate of drug-likeness (QED) is 0.864. The van der Waals surface area contributed by atoms with Gasteiger partial charge in [-0.25, -0.2) is 0 Å². The summed E-state index contributed by atoms with van der Waals surface area (Å²) in [5, 5.41) is 3.13. The van der Waals surface area contributed by atoms with E-state index in [1.165, 1.54) is 6.42 Å². The number of carbonyl (C=O) groups is 1. The van der Waals surface area contributed by atoms with Crippen LogP contribution in [-0.4, -0.2) is 18.0 Å². The van der Waals surface area contributed by atoms with Crippen molar-refractivity contribution in [1.82, 2.24) is 5.32 Å². The second kappa shape index (κ2) is 5.14. The largest absolute Gasteiger partial charge is 0.466 e. The highest BCUT2D eigenvalue weighted by Crippen LogP contribution is 2.28. The molecule has 1 saturated carbocycles. The average molecular weight is 250 g/mol. The van der Waals surface area contributed by atoms with Crippen LogP contribution in [0.15, 0.2) is 10.5 Å². The third kappa shape index (κ3) is 2.58. The molecule has 1 amide bonds. The Morgan fingerprint density at radius 2 is 2.06 bits per heavy atom. The molecule has 4 heteroatoms. The number of amides is 1. The normalized spacial score (nSPS) is 18.6. The van der Waals surface area contributed by atoms with Crippen molar-refractivity contribution >= 4 is 5.91 Å². The molecule has 2 rings (SSSR count). The Bertz CT molecular complexity index is 431. The van der Waals surface area contributed by atoms with Gasteiger partial charge in [0.15, 0.2) is 0 Å². The smallest absolute Gasteiger partial charge is 0.255 e. The van der Waals surface area contributed by atoms with Crippen molar-refractivity contribution in [1.29, 1.82) is 0 Å². The summed E-state index contributed by atoms with van der Waals surface area (Å²) in [6, 6.07) is 1.79. The van der Waals surface area contributed by atoms with Crippen LogP contribution >= 0.6 is 0 Å². The fourth-order valence-corrected chi connectivity index (χ4v) is 2.77. The summed E-state index contributed by atoms with van der Waals surface area (Å²) in [6.07, 6.45) is 5.47. The summed E-state index contributed by atoms with van der Waals surface area (Å²) < 4.78 is 5.40. The van der Waals surface area contributed by atoms with Crippen molar-refractivity contribution in [2.75, 3.05) is 6.54 Å². The van der Waals surface area contributed by atoms with Gasteiger partial charge in [0.2, 0.25) is 0 Å². The van der Waals surface area contributed by atoms with Crippen molar-refractivity contribution in [3.63, 3.8) is 0 Å². The van der Waals surface area contributed by atoms with Crippen molar-refractivity contribution in [2.24, 2.45) is 5.73 Å². The molecule has 0 spiro atoms. The number of carbonyl (C=O) groups excluding carboxylic acids is 1. The van der Waals surface area contributed by atoms with E-state index in [0.29, 0.717) is 17.9 Å². The van der Waals surface area contributed by atoms with Crippen LogP contribution in [0.2, 0.25) is 0 Å². The van der Waals surface area contributed by atoms with Crippen molar-refractivity contribution < 1.29 is 9.21 Å². The summed E-state index contributed by atoms with van der Waals surface area (Å²) in [6.45, 7) is 4.18. The summed E-state index contributed by atoms with van der Waals surface area (Å²) in [7, 11) is 0. The number of nitrogens with two attached hydrogens (primary N) is 1. The summed E-state index contributed by atoms with van der Waals surface area (Å²) >= 11 is 0. The molecular weight excluding hydrogens is 228 g/mol. The minimum atomic E-state index is -0.215. The predicted molar refractivity (Wildman–Crippen MR) is 70.5 cm³/mol. The van der Waals surface area contributed by atoms with Gasteiger partial charge in [0, 0.05) is 6.54 Å². The highest BCUT2D eigenvalue weighted by atomic mass is 16.3. The molecule has 1 aromatic heterocycles. The standard InChI is InChI=1S/C14H22N2O2/c1-10-8-12(11(2)18-10)13(17)16-14(9-15)6-4-3-5-7-14/h8H,3-7,9,15H2,1-2H3,(H,16,17). The maximum Gasteiger partial charge on any atom is 0.255 e. The number of hydrogen-bond donors (Lipinski definition) is 2. The van der Waals surface area contributed by atoms with Crippen LogP contribution in [-0.2, 0) is 0 Å². The van der Waals surface area contributed by atoms with Crippen molar-refractivity contribution in [2.45, 2.75) is 51.5 Å². The van der Waals surface area contributed by atoms with E-state index in [1.54, 1.807) is 6.07 Å². The minimum Gasteiger partial charge on any atom is -0.466 e. The zero-order chi connectivity index (χ0) is 13.2. The Morgan fingerprint density at radius 3 is 2.56 bits per heavy atom. The fourth-order valence-electron chi connectivity index (χ4n) is 2.77. The Morgan fingerprint density at radius 1 is 1.39 bits per heavy atom. The van der Waals surface area contributed by atoms with Crippen LogP contribution in [0, 0.1) is 13.8 Å². The van der Waals surface area contributed by atoms with Gasteiger partial charge in [0.1, 0.15) is 11.5 Å². The van der Waals surface area contributed by atoms with Crippen LogP contribution in [0.5, 0.6) is 0 Å². The van der Waals surface area contributed by atoms with Gasteiger partial charge in [0.25, 0.3) is 5.91 Å². The van der Waals surface area contributed by atoms with Gasteiger partial charge in [0.05, 0.1) is 11.1 Å². The summed E-state index contributed by atoms with van der Waals surface area (Å²) in [5.41, 5.74) is 6.28. The van der Waals surface area contributed by atoms with Gasteiger partial charge in [-0.2, -0.15) is 0 Å². The zero-order valence-corrected chi connectivity index (χ0v) is 11.2. The molecule has 0 radical (unpaired) electrons. The molecule has 3 N–H and O–H groups in total. The van der Waals surface area contributed by atoms with E-state index in [-0.39, 0.29) is 11.4 Å². The molecule has 0 aliphatic heterocycles. The molecule has 1 aliphatic rings. The number of hydrogen-bond acceptors (Lipinski definition) is 3. The third-order valence-electron chi connectivity index (χ3n) is 3.87. The first kappa shape index (κ1) is 13.1. The van der Waals surface area contributed by atoms with E-state index in [2.05, 4.69) is 5.32 Å². The lowest BCUT2D eigenvalue weighted by molar-refractivity contribution is 0.0873. The SMILES string of the molecule is Cc1cc(C(=O)NC2(CN)CCCCC2)c(C)o1. The third-order valence-corrected chi connectivity index (χ3v) is 3.87. The van der Waals surface area contributed by atoms with Gasteiger partial charge in [-0.15, -0.1) is 0 Å². The maximum absolute atomic E-state index is 12.3. The Labute approximate surface area is 108 Å². The highest BCUT2D eigenvalue weighted by Gasteiger charge is 2.33. The summed E-state index contributed by atoms with van der Waals surface area (Å²) in [4.78, 5) is 12.3.